The second kappa shape index (κ2) is 4.64. The van der Waals surface area contributed by atoms with E-state index in [-0.39, 0.29) is 5.41 Å². The predicted molar refractivity (Wildman–Crippen MR) is 77.6 cm³/mol. The van der Waals surface area contributed by atoms with Gasteiger partial charge in [-0.25, -0.2) is 4.98 Å². The number of benzene rings is 1. The lowest BCUT2D eigenvalue weighted by molar-refractivity contribution is 0.330. The number of aryl methyl sites for hydroxylation is 2. The first-order chi connectivity index (χ1) is 9.14. The van der Waals surface area contributed by atoms with E-state index in [2.05, 4.69) is 38.2 Å². The maximum atomic E-state index is 6.14. The fraction of sp³-hybridized carbons (Fsp3) is 0.562. The highest BCUT2D eigenvalue weighted by Crippen LogP contribution is 2.37. The molecule has 3 heteroatoms. The number of hydrogen-bond donors (Lipinski definition) is 1. The van der Waals surface area contributed by atoms with E-state index in [1.807, 2.05) is 0 Å². The highest BCUT2D eigenvalue weighted by Gasteiger charge is 2.39. The summed E-state index contributed by atoms with van der Waals surface area (Å²) in [7, 11) is 0. The average molecular weight is 258 g/mol. The molecule has 0 aliphatic carbocycles. The van der Waals surface area contributed by atoms with E-state index in [1.54, 1.807) is 0 Å². The minimum absolute atomic E-state index is 0.105. The topological polar surface area (TPSA) is 38.1 Å². The van der Waals surface area contributed by atoms with Crippen molar-refractivity contribution in [1.82, 2.24) is 10.3 Å². The third kappa shape index (κ3) is 2.06. The van der Waals surface area contributed by atoms with E-state index in [4.69, 9.17) is 9.40 Å². The second-order valence-corrected chi connectivity index (χ2v) is 5.91. The Morgan fingerprint density at radius 3 is 2.89 bits per heavy atom. The molecule has 0 bridgehead atoms. The first-order valence-corrected chi connectivity index (χ1v) is 7.24. The number of nitrogens with zero attached hydrogens (tertiary/aromatic N) is 1. The third-order valence-electron chi connectivity index (χ3n) is 4.25. The van der Waals surface area contributed by atoms with Gasteiger partial charge >= 0.3 is 0 Å². The summed E-state index contributed by atoms with van der Waals surface area (Å²) in [5.74, 6) is 0.933. The summed E-state index contributed by atoms with van der Waals surface area (Å²) in [5.41, 5.74) is 4.51. The predicted octanol–water partition coefficient (Wildman–Crippen LogP) is 3.48. The van der Waals surface area contributed by atoms with Crippen molar-refractivity contribution in [3.8, 4) is 0 Å². The van der Waals surface area contributed by atoms with Gasteiger partial charge in [0.15, 0.2) is 5.58 Å². The number of fused-ring (bicyclic) bond motifs is 1. The van der Waals surface area contributed by atoms with Crippen molar-refractivity contribution in [2.24, 2.45) is 0 Å². The van der Waals surface area contributed by atoms with Crippen LogP contribution in [0, 0.1) is 13.8 Å². The molecule has 1 unspecified atom stereocenters. The molecule has 19 heavy (non-hydrogen) atoms. The fourth-order valence-corrected chi connectivity index (χ4v) is 3.33. The highest BCUT2D eigenvalue weighted by molar-refractivity contribution is 5.77. The van der Waals surface area contributed by atoms with Crippen LogP contribution in [0.2, 0.25) is 0 Å². The van der Waals surface area contributed by atoms with Gasteiger partial charge in [0.05, 0.1) is 5.41 Å². The number of nitrogens with one attached hydrogen (secondary N) is 1. The Kier molecular flexibility index (Phi) is 3.09. The van der Waals surface area contributed by atoms with Crippen molar-refractivity contribution in [2.45, 2.75) is 45.4 Å². The summed E-state index contributed by atoms with van der Waals surface area (Å²) >= 11 is 0. The number of aromatic nitrogens is 1. The lowest BCUT2D eigenvalue weighted by Crippen LogP contribution is -2.29. The fourth-order valence-electron chi connectivity index (χ4n) is 3.33. The molecule has 0 saturated carbocycles. The average Bonchev–Trinajstić information content (AvgIpc) is 2.96. The molecule has 1 N–H and O–H groups in total. The Morgan fingerprint density at radius 2 is 2.21 bits per heavy atom. The Hall–Kier alpha value is -1.35. The zero-order valence-corrected chi connectivity index (χ0v) is 12.0. The van der Waals surface area contributed by atoms with E-state index < -0.39 is 0 Å². The molecular weight excluding hydrogens is 236 g/mol. The van der Waals surface area contributed by atoms with Crippen molar-refractivity contribution in [3.63, 3.8) is 0 Å². The van der Waals surface area contributed by atoms with E-state index in [1.165, 1.54) is 17.5 Å². The molecule has 2 heterocycles. The smallest absolute Gasteiger partial charge is 0.203 e. The third-order valence-corrected chi connectivity index (χ3v) is 4.25. The zero-order chi connectivity index (χ0) is 13.5. The van der Waals surface area contributed by atoms with E-state index in [0.29, 0.717) is 0 Å². The van der Waals surface area contributed by atoms with E-state index in [0.717, 1.165) is 42.9 Å². The van der Waals surface area contributed by atoms with Gasteiger partial charge in [-0.05, 0) is 50.4 Å². The van der Waals surface area contributed by atoms with Gasteiger partial charge in [0.25, 0.3) is 0 Å². The van der Waals surface area contributed by atoms with Gasteiger partial charge in [-0.1, -0.05) is 19.4 Å². The maximum absolute atomic E-state index is 6.14. The van der Waals surface area contributed by atoms with Gasteiger partial charge in [-0.15, -0.1) is 0 Å². The number of rotatable bonds is 3. The molecule has 102 valence electrons. The number of hydrogen-bond acceptors (Lipinski definition) is 3. The largest absolute Gasteiger partial charge is 0.440 e. The molecule has 3 nitrogen and oxygen atoms in total. The van der Waals surface area contributed by atoms with Crippen molar-refractivity contribution in [1.29, 1.82) is 0 Å². The van der Waals surface area contributed by atoms with Crippen LogP contribution in [0.3, 0.4) is 0 Å². The van der Waals surface area contributed by atoms with E-state index in [9.17, 15) is 0 Å². The van der Waals surface area contributed by atoms with Crippen LogP contribution < -0.4 is 5.32 Å². The molecule has 1 fully saturated rings. The molecule has 0 amide bonds. The Labute approximate surface area is 114 Å². The van der Waals surface area contributed by atoms with Crippen molar-refractivity contribution in [2.75, 3.05) is 13.1 Å². The minimum Gasteiger partial charge on any atom is -0.440 e. The van der Waals surface area contributed by atoms with Crippen LogP contribution in [0.5, 0.6) is 0 Å². The summed E-state index contributed by atoms with van der Waals surface area (Å²) in [4.78, 5) is 4.80. The first-order valence-electron chi connectivity index (χ1n) is 7.24. The van der Waals surface area contributed by atoms with Crippen LogP contribution >= 0.6 is 0 Å². The second-order valence-electron chi connectivity index (χ2n) is 5.91. The normalized spacial score (nSPS) is 23.3. The van der Waals surface area contributed by atoms with Crippen LogP contribution in [-0.4, -0.2) is 18.1 Å². The molecule has 2 aromatic rings. The quantitative estimate of drug-likeness (QED) is 0.916. The van der Waals surface area contributed by atoms with Gasteiger partial charge in [0.2, 0.25) is 5.89 Å². The van der Waals surface area contributed by atoms with Gasteiger partial charge < -0.3 is 9.73 Å². The molecule has 0 spiro atoms. The lowest BCUT2D eigenvalue weighted by atomic mass is 9.82. The lowest BCUT2D eigenvalue weighted by Gasteiger charge is -2.23. The summed E-state index contributed by atoms with van der Waals surface area (Å²) < 4.78 is 6.14. The summed E-state index contributed by atoms with van der Waals surface area (Å²) in [6.07, 6.45) is 3.44. The zero-order valence-electron chi connectivity index (χ0n) is 12.0. The van der Waals surface area contributed by atoms with Crippen LogP contribution in [0.15, 0.2) is 16.5 Å². The molecule has 1 aromatic heterocycles. The molecule has 1 atom stereocenters. The summed E-state index contributed by atoms with van der Waals surface area (Å²) in [6, 6.07) is 4.29. The minimum atomic E-state index is 0.105. The van der Waals surface area contributed by atoms with Gasteiger partial charge in [0, 0.05) is 6.54 Å². The number of oxazole rings is 1. The Balaban J connectivity index is 2.11. The van der Waals surface area contributed by atoms with E-state index >= 15 is 0 Å². The molecule has 1 saturated heterocycles. The molecule has 3 rings (SSSR count). The van der Waals surface area contributed by atoms with Crippen LogP contribution in [-0.2, 0) is 5.41 Å². The standard InChI is InChI=1S/C16H22N2O/c1-4-5-16(6-7-17-10-16)15-18-13-9-11(2)8-12(3)14(13)19-15/h8-9,17H,4-7,10H2,1-3H3. The Bertz CT molecular complexity index is 594. The van der Waals surface area contributed by atoms with Gasteiger partial charge in [-0.2, -0.15) is 0 Å². The SMILES string of the molecule is CCCC1(c2nc3cc(C)cc(C)c3o2)CCNC1. The molecule has 1 aliphatic rings. The molecule has 0 radical (unpaired) electrons. The van der Waals surface area contributed by atoms with Crippen LogP contribution in [0.25, 0.3) is 11.1 Å². The van der Waals surface area contributed by atoms with Crippen LogP contribution in [0.1, 0.15) is 43.2 Å². The van der Waals surface area contributed by atoms with Gasteiger partial charge in [-0.3, -0.25) is 0 Å². The van der Waals surface area contributed by atoms with Gasteiger partial charge in [0.1, 0.15) is 5.52 Å². The van der Waals surface area contributed by atoms with Crippen molar-refractivity contribution >= 4 is 11.1 Å². The molecule has 1 aromatic carbocycles. The molecule has 1 aliphatic heterocycles. The van der Waals surface area contributed by atoms with Crippen molar-refractivity contribution in [3.05, 3.63) is 29.2 Å². The summed E-state index contributed by atoms with van der Waals surface area (Å²) in [6.45, 7) is 8.50. The maximum Gasteiger partial charge on any atom is 0.203 e. The highest BCUT2D eigenvalue weighted by atomic mass is 16.3. The summed E-state index contributed by atoms with van der Waals surface area (Å²) in [5, 5.41) is 3.47. The first kappa shape index (κ1) is 12.7. The van der Waals surface area contributed by atoms with Crippen molar-refractivity contribution < 1.29 is 4.42 Å². The Morgan fingerprint density at radius 1 is 1.37 bits per heavy atom. The van der Waals surface area contributed by atoms with Crippen LogP contribution in [0.4, 0.5) is 0 Å². The molecular formula is C16H22N2O. The monoisotopic (exact) mass is 258 g/mol.